The summed E-state index contributed by atoms with van der Waals surface area (Å²) < 4.78 is 10.4. The molecule has 7 nitrogen and oxygen atoms in total. The molecule has 0 fully saturated rings. The molecule has 0 aliphatic carbocycles. The summed E-state index contributed by atoms with van der Waals surface area (Å²) in [4.78, 5) is 29.8. The van der Waals surface area contributed by atoms with Gasteiger partial charge in [0.2, 0.25) is 0 Å². The maximum atomic E-state index is 12.3. The summed E-state index contributed by atoms with van der Waals surface area (Å²) in [6.07, 6.45) is 0.921. The van der Waals surface area contributed by atoms with Crippen LogP contribution in [0.1, 0.15) is 33.1 Å². The quantitative estimate of drug-likeness (QED) is 0.674. The van der Waals surface area contributed by atoms with Crippen molar-refractivity contribution in [2.45, 2.75) is 27.0 Å². The summed E-state index contributed by atoms with van der Waals surface area (Å²) in [6, 6.07) is 15.0. The topological polar surface area (TPSA) is 84.7 Å². The van der Waals surface area contributed by atoms with Gasteiger partial charge in [-0.05, 0) is 37.1 Å². The second-order valence-corrected chi connectivity index (χ2v) is 6.84. The Morgan fingerprint density at radius 2 is 1.69 bits per heavy atom. The number of nitrogens with zero attached hydrogens (tertiary/aromatic N) is 2. The lowest BCUT2D eigenvalue weighted by Gasteiger charge is -2.15. The van der Waals surface area contributed by atoms with Gasteiger partial charge in [-0.2, -0.15) is 0 Å². The highest BCUT2D eigenvalue weighted by atomic mass is 16.5. The Kier molecular flexibility index (Phi) is 6.29. The zero-order valence-electron chi connectivity index (χ0n) is 16.6. The molecule has 0 aliphatic rings. The molecule has 29 heavy (non-hydrogen) atoms. The zero-order chi connectivity index (χ0) is 20.8. The molecule has 2 aromatic carbocycles. The highest BCUT2D eigenvalue weighted by Gasteiger charge is 2.17. The number of aryl methyl sites for hydroxylation is 2. The van der Waals surface area contributed by atoms with Crippen molar-refractivity contribution in [2.24, 2.45) is 0 Å². The Bertz CT molecular complexity index is 978. The predicted molar refractivity (Wildman–Crippen MR) is 108 cm³/mol. The minimum atomic E-state index is -0.523. The monoisotopic (exact) mass is 393 g/mol. The van der Waals surface area contributed by atoms with Gasteiger partial charge in [-0.3, -0.25) is 10.1 Å². The third-order valence-corrected chi connectivity index (χ3v) is 4.26. The number of hydrogen-bond acceptors (Lipinski definition) is 5. The van der Waals surface area contributed by atoms with Gasteiger partial charge in [0, 0.05) is 19.3 Å². The van der Waals surface area contributed by atoms with Gasteiger partial charge in [0.15, 0.2) is 0 Å². The van der Waals surface area contributed by atoms with Crippen LogP contribution in [0.15, 0.2) is 59.2 Å². The molecule has 150 valence electrons. The van der Waals surface area contributed by atoms with Crippen molar-refractivity contribution in [3.63, 3.8) is 0 Å². The molecule has 0 saturated heterocycles. The number of carbonyl (C=O) groups excluding carboxylic acids is 2. The molecule has 0 atom stereocenters. The number of hydrogen-bond donors (Lipinski definition) is 1. The first-order chi connectivity index (χ1) is 13.9. The van der Waals surface area contributed by atoms with Gasteiger partial charge in [0.1, 0.15) is 12.9 Å². The fraction of sp³-hybridized carbons (Fsp3) is 0.227. The van der Waals surface area contributed by atoms with E-state index in [1.165, 1.54) is 11.2 Å². The van der Waals surface area contributed by atoms with Gasteiger partial charge in [0.25, 0.3) is 5.89 Å². The molecular formula is C22H23N3O4. The summed E-state index contributed by atoms with van der Waals surface area (Å²) in [7, 11) is 1.68. The van der Waals surface area contributed by atoms with E-state index in [9.17, 15) is 9.59 Å². The molecule has 1 N–H and O–H groups in total. The fourth-order valence-corrected chi connectivity index (χ4v) is 2.64. The molecule has 0 unspecified atom stereocenters. The van der Waals surface area contributed by atoms with Gasteiger partial charge in [-0.1, -0.05) is 42.0 Å². The summed E-state index contributed by atoms with van der Waals surface area (Å²) >= 11 is 0. The second kappa shape index (κ2) is 9.05. The average Bonchev–Trinajstić information content (AvgIpc) is 3.14. The maximum absolute atomic E-state index is 12.3. The maximum Gasteiger partial charge on any atom is 0.411 e. The van der Waals surface area contributed by atoms with Gasteiger partial charge < -0.3 is 14.1 Å². The summed E-state index contributed by atoms with van der Waals surface area (Å²) in [5, 5.41) is 2.69. The molecule has 0 saturated carbocycles. The number of rotatable bonds is 6. The van der Waals surface area contributed by atoms with Crippen molar-refractivity contribution in [1.82, 2.24) is 9.88 Å². The summed E-state index contributed by atoms with van der Waals surface area (Å²) in [6.45, 7) is 4.36. The molecule has 0 bridgehead atoms. The number of oxazole rings is 1. The minimum absolute atomic E-state index is 0.0691. The average molecular weight is 393 g/mol. The van der Waals surface area contributed by atoms with E-state index in [1.54, 1.807) is 26.1 Å². The second-order valence-electron chi connectivity index (χ2n) is 6.84. The molecule has 0 spiro atoms. The number of benzene rings is 2. The van der Waals surface area contributed by atoms with Crippen molar-refractivity contribution in [2.75, 3.05) is 12.4 Å². The number of ether oxygens (including phenoxy) is 1. The first-order valence-electron chi connectivity index (χ1n) is 9.16. The number of amides is 2. The third-order valence-electron chi connectivity index (χ3n) is 4.26. The largest absolute Gasteiger partial charge is 0.444 e. The van der Waals surface area contributed by atoms with Crippen LogP contribution in [0.2, 0.25) is 0 Å². The third kappa shape index (κ3) is 5.68. The van der Waals surface area contributed by atoms with E-state index in [2.05, 4.69) is 10.3 Å². The van der Waals surface area contributed by atoms with Crippen molar-refractivity contribution in [3.8, 4) is 0 Å². The first kappa shape index (κ1) is 20.1. The molecule has 0 aliphatic heterocycles. The molecule has 1 aromatic heterocycles. The SMILES string of the molecule is Cc1ccc(COC(=O)Nc2ccc(CN(C)C(=O)c3nc(C)co3)cc2)cc1. The molecule has 7 heteroatoms. The summed E-state index contributed by atoms with van der Waals surface area (Å²) in [5.41, 5.74) is 4.25. The Morgan fingerprint density at radius 1 is 1.03 bits per heavy atom. The number of nitrogens with one attached hydrogen (secondary N) is 1. The Hall–Kier alpha value is -3.61. The fourth-order valence-electron chi connectivity index (χ4n) is 2.64. The van der Waals surface area contributed by atoms with E-state index in [-0.39, 0.29) is 18.4 Å². The van der Waals surface area contributed by atoms with Gasteiger partial charge in [-0.25, -0.2) is 9.78 Å². The van der Waals surface area contributed by atoms with E-state index in [0.717, 1.165) is 16.7 Å². The lowest BCUT2D eigenvalue weighted by Crippen LogP contribution is -2.26. The van der Waals surface area contributed by atoms with Gasteiger partial charge in [0.05, 0.1) is 5.69 Å². The minimum Gasteiger partial charge on any atom is -0.444 e. The van der Waals surface area contributed by atoms with E-state index in [0.29, 0.717) is 17.9 Å². The molecule has 1 heterocycles. The van der Waals surface area contributed by atoms with Crippen LogP contribution in [0.5, 0.6) is 0 Å². The molecule has 3 rings (SSSR count). The van der Waals surface area contributed by atoms with Crippen LogP contribution in [0, 0.1) is 13.8 Å². The first-order valence-corrected chi connectivity index (χ1v) is 9.16. The highest BCUT2D eigenvalue weighted by molar-refractivity contribution is 5.89. The Balaban J connectivity index is 1.49. The van der Waals surface area contributed by atoms with Crippen molar-refractivity contribution < 1.29 is 18.7 Å². The van der Waals surface area contributed by atoms with E-state index in [1.807, 2.05) is 43.3 Å². The number of aromatic nitrogens is 1. The molecule has 3 aromatic rings. The molecular weight excluding hydrogens is 370 g/mol. The van der Waals surface area contributed by atoms with Crippen molar-refractivity contribution >= 4 is 17.7 Å². The van der Waals surface area contributed by atoms with E-state index >= 15 is 0 Å². The zero-order valence-corrected chi connectivity index (χ0v) is 16.6. The lowest BCUT2D eigenvalue weighted by molar-refractivity contribution is 0.0745. The van der Waals surface area contributed by atoms with Crippen LogP contribution in [-0.4, -0.2) is 28.9 Å². The Labute approximate surface area is 169 Å². The predicted octanol–water partition coefficient (Wildman–Crippen LogP) is 4.31. The van der Waals surface area contributed by atoms with Crippen LogP contribution in [0.3, 0.4) is 0 Å². The number of carbonyl (C=O) groups is 2. The smallest absolute Gasteiger partial charge is 0.411 e. The molecule has 0 radical (unpaired) electrons. The van der Waals surface area contributed by atoms with Gasteiger partial charge in [-0.15, -0.1) is 0 Å². The molecule has 2 amide bonds. The van der Waals surface area contributed by atoms with Crippen LogP contribution >= 0.6 is 0 Å². The lowest BCUT2D eigenvalue weighted by atomic mass is 10.2. The number of anilines is 1. The van der Waals surface area contributed by atoms with Crippen molar-refractivity contribution in [3.05, 3.63) is 83.1 Å². The van der Waals surface area contributed by atoms with Crippen LogP contribution in [-0.2, 0) is 17.9 Å². The standard InChI is InChI=1S/C22H23N3O4/c1-15-4-6-18(7-5-15)14-29-22(27)24-19-10-8-17(9-11-19)12-25(3)21(26)20-23-16(2)13-28-20/h4-11,13H,12,14H2,1-3H3,(H,24,27). The van der Waals surface area contributed by atoms with Crippen LogP contribution < -0.4 is 5.32 Å². The van der Waals surface area contributed by atoms with Crippen LogP contribution in [0.4, 0.5) is 10.5 Å². The summed E-state index contributed by atoms with van der Waals surface area (Å²) in [5.74, 6) is -0.223. The van der Waals surface area contributed by atoms with Crippen LogP contribution in [0.25, 0.3) is 0 Å². The van der Waals surface area contributed by atoms with Crippen molar-refractivity contribution in [1.29, 1.82) is 0 Å². The highest BCUT2D eigenvalue weighted by Crippen LogP contribution is 2.13. The normalized spacial score (nSPS) is 10.4. The van der Waals surface area contributed by atoms with E-state index in [4.69, 9.17) is 9.15 Å². The Morgan fingerprint density at radius 3 is 2.31 bits per heavy atom. The van der Waals surface area contributed by atoms with E-state index < -0.39 is 6.09 Å². The van der Waals surface area contributed by atoms with Gasteiger partial charge >= 0.3 is 12.0 Å².